The summed E-state index contributed by atoms with van der Waals surface area (Å²) in [6, 6.07) is 4.07. The third-order valence-corrected chi connectivity index (χ3v) is 2.85. The number of thiocarbonyl (C=S) groups is 1. The first kappa shape index (κ1) is 14.4. The first-order chi connectivity index (χ1) is 8.24. The third kappa shape index (κ3) is 3.40. The Kier molecular flexibility index (Phi) is 4.24. The summed E-state index contributed by atoms with van der Waals surface area (Å²) >= 11 is 4.85. The van der Waals surface area contributed by atoms with Gasteiger partial charge in [0.2, 0.25) is 5.91 Å². The lowest BCUT2D eigenvalue weighted by molar-refractivity contribution is -0.125. The van der Waals surface area contributed by atoms with Crippen LogP contribution in [0.5, 0.6) is 0 Å². The van der Waals surface area contributed by atoms with Crippen LogP contribution >= 0.6 is 12.2 Å². The van der Waals surface area contributed by atoms with Crippen molar-refractivity contribution in [1.29, 1.82) is 0 Å². The Labute approximate surface area is 111 Å². The van der Waals surface area contributed by atoms with E-state index in [9.17, 15) is 9.18 Å². The van der Waals surface area contributed by atoms with Crippen molar-refractivity contribution in [2.45, 2.75) is 13.8 Å². The van der Waals surface area contributed by atoms with Crippen molar-refractivity contribution < 1.29 is 9.18 Å². The smallest absolute Gasteiger partial charge is 0.224 e. The molecule has 1 rings (SSSR count). The maximum absolute atomic E-state index is 13.1. The molecule has 0 unspecified atom stereocenters. The van der Waals surface area contributed by atoms with Gasteiger partial charge < -0.3 is 16.8 Å². The molecule has 0 aliphatic carbocycles. The van der Waals surface area contributed by atoms with Crippen molar-refractivity contribution in [2.75, 3.05) is 11.9 Å². The predicted octanol–water partition coefficient (Wildman–Crippen LogP) is 1.38. The van der Waals surface area contributed by atoms with Gasteiger partial charge in [0, 0.05) is 17.8 Å². The molecule has 5 N–H and O–H groups in total. The van der Waals surface area contributed by atoms with Crippen molar-refractivity contribution in [2.24, 2.45) is 16.9 Å². The molecule has 4 nitrogen and oxygen atoms in total. The van der Waals surface area contributed by atoms with E-state index in [2.05, 4.69) is 5.32 Å². The minimum Gasteiger partial charge on any atom is -0.389 e. The second kappa shape index (κ2) is 5.30. The molecular weight excluding hydrogens is 253 g/mol. The third-order valence-electron chi connectivity index (χ3n) is 2.63. The van der Waals surface area contributed by atoms with Crippen LogP contribution in [0.3, 0.4) is 0 Å². The highest BCUT2D eigenvalue weighted by atomic mass is 32.1. The van der Waals surface area contributed by atoms with Gasteiger partial charge in [0.15, 0.2) is 0 Å². The van der Waals surface area contributed by atoms with Gasteiger partial charge in [-0.1, -0.05) is 12.2 Å². The van der Waals surface area contributed by atoms with Crippen LogP contribution in [0.4, 0.5) is 10.1 Å². The van der Waals surface area contributed by atoms with Crippen LogP contribution in [0.25, 0.3) is 0 Å². The van der Waals surface area contributed by atoms with Gasteiger partial charge in [-0.2, -0.15) is 0 Å². The first-order valence-electron chi connectivity index (χ1n) is 5.37. The van der Waals surface area contributed by atoms with Gasteiger partial charge in [0.1, 0.15) is 10.8 Å². The molecule has 0 fully saturated rings. The molecule has 6 heteroatoms. The van der Waals surface area contributed by atoms with Crippen LogP contribution in [0.15, 0.2) is 18.2 Å². The molecule has 0 saturated heterocycles. The van der Waals surface area contributed by atoms with Crippen LogP contribution in [-0.2, 0) is 4.79 Å². The summed E-state index contributed by atoms with van der Waals surface area (Å²) in [5, 5.41) is 3.01. The number of rotatable bonds is 5. The standard InChI is InChI=1S/C12H16FN3OS/c1-12(2,11(15)17)6-16-9-4-3-7(13)5-8(9)10(14)18/h3-5,16H,6H2,1-2H3,(H2,14,18)(H2,15,17). The Morgan fingerprint density at radius 2 is 2.06 bits per heavy atom. The Bertz CT molecular complexity index is 488. The van der Waals surface area contributed by atoms with Crippen molar-refractivity contribution >= 4 is 28.8 Å². The molecule has 0 heterocycles. The number of benzene rings is 1. The molecule has 0 aliphatic heterocycles. The van der Waals surface area contributed by atoms with Gasteiger partial charge in [0.25, 0.3) is 0 Å². The summed E-state index contributed by atoms with van der Waals surface area (Å²) in [5.41, 5.74) is 11.1. The lowest BCUT2D eigenvalue weighted by Crippen LogP contribution is -2.37. The Hall–Kier alpha value is -1.69. The number of hydrogen-bond acceptors (Lipinski definition) is 3. The van der Waals surface area contributed by atoms with Crippen LogP contribution in [-0.4, -0.2) is 17.4 Å². The Morgan fingerprint density at radius 1 is 1.44 bits per heavy atom. The topological polar surface area (TPSA) is 81.1 Å². The van der Waals surface area contributed by atoms with Gasteiger partial charge in [0.05, 0.1) is 5.41 Å². The summed E-state index contributed by atoms with van der Waals surface area (Å²) in [4.78, 5) is 11.3. The van der Waals surface area contributed by atoms with Crippen molar-refractivity contribution in [1.82, 2.24) is 0 Å². The number of primary amides is 1. The number of carbonyl (C=O) groups is 1. The molecule has 98 valence electrons. The Morgan fingerprint density at radius 3 is 2.56 bits per heavy atom. The second-order valence-corrected chi connectivity index (χ2v) is 5.10. The van der Waals surface area contributed by atoms with Crippen LogP contribution in [0.2, 0.25) is 0 Å². The zero-order valence-corrected chi connectivity index (χ0v) is 11.1. The van der Waals surface area contributed by atoms with Gasteiger partial charge in [-0.15, -0.1) is 0 Å². The average Bonchev–Trinajstić information content (AvgIpc) is 2.27. The van der Waals surface area contributed by atoms with Gasteiger partial charge in [-0.05, 0) is 32.0 Å². The van der Waals surface area contributed by atoms with Crippen LogP contribution in [0, 0.1) is 11.2 Å². The predicted molar refractivity (Wildman–Crippen MR) is 73.8 cm³/mol. The molecule has 0 aromatic heterocycles. The van der Waals surface area contributed by atoms with E-state index in [0.29, 0.717) is 17.8 Å². The number of nitrogens with one attached hydrogen (secondary N) is 1. The number of nitrogens with two attached hydrogens (primary N) is 2. The van der Waals surface area contributed by atoms with Gasteiger partial charge >= 0.3 is 0 Å². The largest absolute Gasteiger partial charge is 0.389 e. The molecule has 1 aromatic carbocycles. The van der Waals surface area contributed by atoms with Crippen LogP contribution in [0.1, 0.15) is 19.4 Å². The van der Waals surface area contributed by atoms with E-state index in [1.54, 1.807) is 13.8 Å². The minimum atomic E-state index is -0.720. The van der Waals surface area contributed by atoms with E-state index in [4.69, 9.17) is 23.7 Å². The van der Waals surface area contributed by atoms with Crippen molar-refractivity contribution in [3.63, 3.8) is 0 Å². The fourth-order valence-electron chi connectivity index (χ4n) is 1.28. The maximum atomic E-state index is 13.1. The van der Waals surface area contributed by atoms with Crippen molar-refractivity contribution in [3.05, 3.63) is 29.6 Å². The van der Waals surface area contributed by atoms with Crippen LogP contribution < -0.4 is 16.8 Å². The number of amides is 1. The Balaban J connectivity index is 2.92. The van der Waals surface area contributed by atoms with E-state index in [0.717, 1.165) is 0 Å². The minimum absolute atomic E-state index is 0.0916. The molecular formula is C12H16FN3OS. The molecule has 1 amide bonds. The van der Waals surface area contributed by atoms with E-state index >= 15 is 0 Å². The average molecular weight is 269 g/mol. The molecule has 0 spiro atoms. The lowest BCUT2D eigenvalue weighted by atomic mass is 9.92. The lowest BCUT2D eigenvalue weighted by Gasteiger charge is -2.22. The molecule has 0 radical (unpaired) electrons. The summed E-state index contributed by atoms with van der Waals surface area (Å²) in [7, 11) is 0. The zero-order valence-electron chi connectivity index (χ0n) is 10.3. The summed E-state index contributed by atoms with van der Waals surface area (Å²) in [6.45, 7) is 3.74. The quantitative estimate of drug-likeness (QED) is 0.705. The summed E-state index contributed by atoms with van der Waals surface area (Å²) in [5.74, 6) is -0.841. The zero-order chi connectivity index (χ0) is 13.9. The molecule has 0 saturated carbocycles. The number of anilines is 1. The highest BCUT2D eigenvalue weighted by molar-refractivity contribution is 7.80. The van der Waals surface area contributed by atoms with Gasteiger partial charge in [-0.3, -0.25) is 4.79 Å². The maximum Gasteiger partial charge on any atom is 0.224 e. The SMILES string of the molecule is CC(C)(CNc1ccc(F)cc1C(N)=S)C(N)=O. The monoisotopic (exact) mass is 269 g/mol. The summed E-state index contributed by atoms with van der Waals surface area (Å²) in [6.07, 6.45) is 0. The van der Waals surface area contributed by atoms with E-state index in [1.807, 2.05) is 0 Å². The number of hydrogen-bond donors (Lipinski definition) is 3. The molecule has 0 atom stereocenters. The van der Waals surface area contributed by atoms with Gasteiger partial charge in [-0.25, -0.2) is 4.39 Å². The normalized spacial score (nSPS) is 11.1. The molecule has 0 bridgehead atoms. The first-order valence-corrected chi connectivity index (χ1v) is 5.78. The number of halogens is 1. The van der Waals surface area contributed by atoms with E-state index in [-0.39, 0.29) is 4.99 Å². The van der Waals surface area contributed by atoms with E-state index < -0.39 is 17.1 Å². The summed E-state index contributed by atoms with van der Waals surface area (Å²) < 4.78 is 13.1. The highest BCUT2D eigenvalue weighted by Crippen LogP contribution is 2.20. The van der Waals surface area contributed by atoms with Crippen molar-refractivity contribution in [3.8, 4) is 0 Å². The fraction of sp³-hybridized carbons (Fsp3) is 0.333. The molecule has 1 aromatic rings. The molecule has 0 aliphatic rings. The highest BCUT2D eigenvalue weighted by Gasteiger charge is 2.24. The van der Waals surface area contributed by atoms with E-state index in [1.165, 1.54) is 18.2 Å². The fourth-order valence-corrected chi connectivity index (χ4v) is 1.45. The molecule has 18 heavy (non-hydrogen) atoms. The number of carbonyl (C=O) groups excluding carboxylic acids is 1. The second-order valence-electron chi connectivity index (χ2n) is 4.66.